The molecular formula is C24H43IN6S. The van der Waals surface area contributed by atoms with Gasteiger partial charge in [-0.1, -0.05) is 12.8 Å². The van der Waals surface area contributed by atoms with Gasteiger partial charge in [0.05, 0.1) is 10.7 Å². The summed E-state index contributed by atoms with van der Waals surface area (Å²) in [5.74, 6) is 2.67. The summed E-state index contributed by atoms with van der Waals surface area (Å²) in [7, 11) is 0. The molecule has 3 fully saturated rings. The van der Waals surface area contributed by atoms with Gasteiger partial charge in [0.1, 0.15) is 0 Å². The van der Waals surface area contributed by atoms with Crippen LogP contribution in [0.1, 0.15) is 62.6 Å². The fourth-order valence-corrected chi connectivity index (χ4v) is 6.05. The number of hydrogen-bond acceptors (Lipinski definition) is 5. The normalized spacial score (nSPS) is 24.1. The molecule has 2 saturated heterocycles. The van der Waals surface area contributed by atoms with Gasteiger partial charge in [0.2, 0.25) is 0 Å². The molecule has 1 atom stereocenters. The van der Waals surface area contributed by atoms with Crippen molar-refractivity contribution in [3.8, 4) is 0 Å². The lowest BCUT2D eigenvalue weighted by Gasteiger charge is -2.31. The van der Waals surface area contributed by atoms with E-state index in [0.717, 1.165) is 31.5 Å². The fraction of sp³-hybridized carbons (Fsp3) is 0.833. The average Bonchev–Trinajstić information content (AvgIpc) is 3.52. The van der Waals surface area contributed by atoms with Crippen LogP contribution in [0.2, 0.25) is 0 Å². The number of nitrogens with zero attached hydrogens (tertiary/aromatic N) is 4. The molecule has 1 aromatic heterocycles. The van der Waals surface area contributed by atoms with Crippen LogP contribution < -0.4 is 10.6 Å². The van der Waals surface area contributed by atoms with E-state index in [9.17, 15) is 0 Å². The molecule has 2 N–H and O–H groups in total. The molecule has 0 radical (unpaired) electrons. The van der Waals surface area contributed by atoms with Gasteiger partial charge in [-0.05, 0) is 70.9 Å². The Bertz CT molecular complexity index is 696. The topological polar surface area (TPSA) is 55.8 Å². The highest BCUT2D eigenvalue weighted by atomic mass is 127. The van der Waals surface area contributed by atoms with Gasteiger partial charge in [-0.2, -0.15) is 0 Å². The quantitative estimate of drug-likeness (QED) is 0.278. The SMILES string of the molecule is CCNC(=NCC1CCN(Cc2csc(C)n2)CC1)NC1CCN(CC2CCCC2)C1.I. The lowest BCUT2D eigenvalue weighted by atomic mass is 9.97. The van der Waals surface area contributed by atoms with Crippen molar-refractivity contribution in [3.63, 3.8) is 0 Å². The number of aryl methyl sites for hydroxylation is 1. The third-order valence-corrected chi connectivity index (χ3v) is 8.04. The molecule has 3 heterocycles. The number of rotatable bonds is 8. The molecule has 3 aliphatic rings. The summed E-state index contributed by atoms with van der Waals surface area (Å²) >= 11 is 1.76. The average molecular weight is 575 g/mol. The van der Waals surface area contributed by atoms with Gasteiger partial charge in [0.25, 0.3) is 0 Å². The maximum Gasteiger partial charge on any atom is 0.191 e. The molecule has 32 heavy (non-hydrogen) atoms. The Balaban J connectivity index is 0.00000289. The van der Waals surface area contributed by atoms with E-state index >= 15 is 0 Å². The number of guanidine groups is 1. The van der Waals surface area contributed by atoms with E-state index in [2.05, 4.69) is 44.6 Å². The van der Waals surface area contributed by atoms with Crippen molar-refractivity contribution in [2.45, 2.75) is 71.4 Å². The molecule has 1 aliphatic carbocycles. The van der Waals surface area contributed by atoms with Gasteiger partial charge >= 0.3 is 0 Å². The predicted molar refractivity (Wildman–Crippen MR) is 146 cm³/mol. The molecule has 1 unspecified atom stereocenters. The summed E-state index contributed by atoms with van der Waals surface area (Å²) < 4.78 is 0. The molecule has 0 aromatic carbocycles. The van der Waals surface area contributed by atoms with Crippen molar-refractivity contribution >= 4 is 41.3 Å². The fourth-order valence-electron chi connectivity index (χ4n) is 5.45. The molecule has 0 bridgehead atoms. The highest BCUT2D eigenvalue weighted by Crippen LogP contribution is 2.26. The molecule has 8 heteroatoms. The van der Waals surface area contributed by atoms with Gasteiger partial charge in [-0.25, -0.2) is 4.98 Å². The number of nitrogens with one attached hydrogen (secondary N) is 2. The van der Waals surface area contributed by atoms with E-state index in [1.807, 2.05) is 0 Å². The highest BCUT2D eigenvalue weighted by molar-refractivity contribution is 14.0. The van der Waals surface area contributed by atoms with E-state index in [-0.39, 0.29) is 24.0 Å². The van der Waals surface area contributed by atoms with E-state index < -0.39 is 0 Å². The first-order valence-electron chi connectivity index (χ1n) is 12.6. The Morgan fingerprint density at radius 2 is 1.84 bits per heavy atom. The minimum atomic E-state index is 0. The summed E-state index contributed by atoms with van der Waals surface area (Å²) in [6.45, 7) is 13.2. The van der Waals surface area contributed by atoms with Crippen molar-refractivity contribution in [2.24, 2.45) is 16.8 Å². The molecular weight excluding hydrogens is 531 g/mol. The zero-order chi connectivity index (χ0) is 21.5. The second-order valence-corrected chi connectivity index (χ2v) is 10.9. The van der Waals surface area contributed by atoms with Crippen molar-refractivity contribution in [1.82, 2.24) is 25.4 Å². The van der Waals surface area contributed by atoms with Crippen molar-refractivity contribution < 1.29 is 0 Å². The largest absolute Gasteiger partial charge is 0.357 e. The van der Waals surface area contributed by atoms with E-state index in [4.69, 9.17) is 4.99 Å². The Kier molecular flexibility index (Phi) is 11.0. The lowest BCUT2D eigenvalue weighted by Crippen LogP contribution is -2.45. The Labute approximate surface area is 216 Å². The molecule has 0 spiro atoms. The summed E-state index contributed by atoms with van der Waals surface area (Å²) in [6, 6.07) is 0.544. The first-order valence-corrected chi connectivity index (χ1v) is 13.5. The number of aliphatic imine (C=N–C) groups is 1. The highest BCUT2D eigenvalue weighted by Gasteiger charge is 2.27. The molecule has 182 valence electrons. The first kappa shape index (κ1) is 26.2. The van der Waals surface area contributed by atoms with Gasteiger partial charge in [0, 0.05) is 50.7 Å². The van der Waals surface area contributed by atoms with Crippen molar-refractivity contribution in [2.75, 3.05) is 45.8 Å². The van der Waals surface area contributed by atoms with Crippen LogP contribution >= 0.6 is 35.3 Å². The number of halogens is 1. The molecule has 1 saturated carbocycles. The first-order chi connectivity index (χ1) is 15.2. The summed E-state index contributed by atoms with van der Waals surface area (Å²) in [5, 5.41) is 10.6. The summed E-state index contributed by atoms with van der Waals surface area (Å²) in [5.41, 5.74) is 1.23. The second kappa shape index (κ2) is 13.4. The number of piperidine rings is 1. The van der Waals surface area contributed by atoms with Crippen LogP contribution in [-0.4, -0.2) is 72.6 Å². The van der Waals surface area contributed by atoms with Crippen LogP contribution in [0.4, 0.5) is 0 Å². The maximum atomic E-state index is 4.99. The zero-order valence-corrected chi connectivity index (χ0v) is 23.2. The lowest BCUT2D eigenvalue weighted by molar-refractivity contribution is 0.179. The Hall–Kier alpha value is -0.450. The molecule has 6 nitrogen and oxygen atoms in total. The Morgan fingerprint density at radius 1 is 1.09 bits per heavy atom. The third-order valence-electron chi connectivity index (χ3n) is 7.22. The maximum absolute atomic E-state index is 4.99. The van der Waals surface area contributed by atoms with Gasteiger partial charge < -0.3 is 15.5 Å². The zero-order valence-electron chi connectivity index (χ0n) is 20.0. The van der Waals surface area contributed by atoms with Gasteiger partial charge in [0.15, 0.2) is 5.96 Å². The molecule has 2 aliphatic heterocycles. The monoisotopic (exact) mass is 574 g/mol. The number of likely N-dealkylation sites (tertiary alicyclic amines) is 2. The molecule has 1 aromatic rings. The third kappa shape index (κ3) is 8.09. The molecule has 0 amide bonds. The molecule has 4 rings (SSSR count). The summed E-state index contributed by atoms with van der Waals surface area (Å²) in [6.07, 6.45) is 9.50. The van der Waals surface area contributed by atoms with Crippen molar-refractivity contribution in [1.29, 1.82) is 0 Å². The van der Waals surface area contributed by atoms with E-state index in [0.29, 0.717) is 12.0 Å². The number of thiazole rings is 1. The minimum Gasteiger partial charge on any atom is -0.357 e. The van der Waals surface area contributed by atoms with Crippen LogP contribution in [0.15, 0.2) is 10.4 Å². The van der Waals surface area contributed by atoms with Crippen LogP contribution in [0.3, 0.4) is 0 Å². The smallest absolute Gasteiger partial charge is 0.191 e. The number of aromatic nitrogens is 1. The summed E-state index contributed by atoms with van der Waals surface area (Å²) in [4.78, 5) is 14.8. The van der Waals surface area contributed by atoms with Gasteiger partial charge in [-0.3, -0.25) is 9.89 Å². The Morgan fingerprint density at radius 3 is 2.53 bits per heavy atom. The van der Waals surface area contributed by atoms with E-state index in [1.54, 1.807) is 11.3 Å². The van der Waals surface area contributed by atoms with E-state index in [1.165, 1.54) is 88.4 Å². The second-order valence-electron chi connectivity index (χ2n) is 9.84. The van der Waals surface area contributed by atoms with Crippen LogP contribution in [0, 0.1) is 18.8 Å². The van der Waals surface area contributed by atoms with Crippen molar-refractivity contribution in [3.05, 3.63) is 16.1 Å². The van der Waals surface area contributed by atoms with Gasteiger partial charge in [-0.15, -0.1) is 35.3 Å². The minimum absolute atomic E-state index is 0. The predicted octanol–water partition coefficient (Wildman–Crippen LogP) is 4.10. The van der Waals surface area contributed by atoms with Crippen LogP contribution in [0.5, 0.6) is 0 Å². The number of hydrogen-bond donors (Lipinski definition) is 2. The van der Waals surface area contributed by atoms with Crippen LogP contribution in [-0.2, 0) is 6.54 Å². The van der Waals surface area contributed by atoms with Crippen LogP contribution in [0.25, 0.3) is 0 Å². The standard InChI is InChI=1S/C24H42N6S.HI/c1-3-25-24(28-22-10-13-30(16-22)15-21-6-4-5-7-21)26-14-20-8-11-29(12-9-20)17-23-18-31-19(2)27-23;/h18,20-22H,3-17H2,1-2H3,(H2,25,26,28);1H.